The Morgan fingerprint density at radius 1 is 1.23 bits per heavy atom. The molecule has 26 heavy (non-hydrogen) atoms. The maximum atomic E-state index is 12.6. The Balaban J connectivity index is 1.60. The monoisotopic (exact) mass is 378 g/mol. The minimum absolute atomic E-state index is 0.0451. The molecule has 1 aromatic rings. The van der Waals surface area contributed by atoms with Crippen molar-refractivity contribution in [3.05, 3.63) is 22.4 Å². The fourth-order valence-corrected chi connectivity index (χ4v) is 5.18. The molecule has 3 rings (SSSR count). The van der Waals surface area contributed by atoms with Crippen LogP contribution in [-0.2, 0) is 16.0 Å². The van der Waals surface area contributed by atoms with Crippen LogP contribution in [0.5, 0.6) is 0 Å². The fourth-order valence-electron chi connectivity index (χ4n) is 4.43. The van der Waals surface area contributed by atoms with Crippen molar-refractivity contribution in [3.8, 4) is 0 Å². The van der Waals surface area contributed by atoms with Crippen molar-refractivity contribution in [2.75, 3.05) is 39.3 Å². The SMILES string of the molecule is CCOC(=O)C(Cc1cccs1)N1CCCC(CN2CCCCCC2)C1. The van der Waals surface area contributed by atoms with Crippen LogP contribution < -0.4 is 0 Å². The molecule has 5 heteroatoms. The Morgan fingerprint density at radius 2 is 2.04 bits per heavy atom. The number of likely N-dealkylation sites (tertiary alicyclic amines) is 2. The maximum Gasteiger partial charge on any atom is 0.323 e. The van der Waals surface area contributed by atoms with Crippen molar-refractivity contribution in [3.63, 3.8) is 0 Å². The molecule has 0 spiro atoms. The first-order chi connectivity index (χ1) is 12.8. The first-order valence-corrected chi connectivity index (χ1v) is 11.3. The molecule has 146 valence electrons. The molecule has 2 aliphatic rings. The summed E-state index contributed by atoms with van der Waals surface area (Å²) < 4.78 is 5.42. The lowest BCUT2D eigenvalue weighted by Gasteiger charge is -2.38. The van der Waals surface area contributed by atoms with Crippen LogP contribution in [-0.4, -0.2) is 61.1 Å². The number of rotatable bonds is 7. The summed E-state index contributed by atoms with van der Waals surface area (Å²) in [4.78, 5) is 19.0. The van der Waals surface area contributed by atoms with Gasteiger partial charge in [0, 0.05) is 24.4 Å². The number of thiophene rings is 1. The van der Waals surface area contributed by atoms with Crippen molar-refractivity contribution in [2.45, 2.75) is 57.9 Å². The van der Waals surface area contributed by atoms with Crippen molar-refractivity contribution >= 4 is 17.3 Å². The van der Waals surface area contributed by atoms with E-state index in [1.165, 1.54) is 63.0 Å². The number of nitrogens with zero attached hydrogens (tertiary/aromatic N) is 2. The van der Waals surface area contributed by atoms with Crippen molar-refractivity contribution < 1.29 is 9.53 Å². The van der Waals surface area contributed by atoms with Gasteiger partial charge in [0.25, 0.3) is 0 Å². The Hall–Kier alpha value is -0.910. The van der Waals surface area contributed by atoms with E-state index in [0.717, 1.165) is 19.5 Å². The number of hydrogen-bond donors (Lipinski definition) is 0. The molecule has 3 heterocycles. The highest BCUT2D eigenvalue weighted by Crippen LogP contribution is 2.24. The van der Waals surface area contributed by atoms with E-state index >= 15 is 0 Å². The second-order valence-electron chi connectivity index (χ2n) is 7.77. The molecule has 1 aromatic heterocycles. The highest BCUT2D eigenvalue weighted by molar-refractivity contribution is 7.09. The van der Waals surface area contributed by atoms with Crippen LogP contribution in [0.2, 0.25) is 0 Å². The van der Waals surface area contributed by atoms with E-state index in [4.69, 9.17) is 4.74 Å². The molecule has 0 saturated carbocycles. The number of piperidine rings is 1. The maximum absolute atomic E-state index is 12.6. The zero-order valence-corrected chi connectivity index (χ0v) is 17.0. The van der Waals surface area contributed by atoms with Crippen LogP contribution >= 0.6 is 11.3 Å². The lowest BCUT2D eigenvalue weighted by molar-refractivity contribution is -0.150. The molecule has 0 amide bonds. The van der Waals surface area contributed by atoms with Gasteiger partial charge in [-0.25, -0.2) is 0 Å². The number of hydrogen-bond acceptors (Lipinski definition) is 5. The smallest absolute Gasteiger partial charge is 0.323 e. The van der Waals surface area contributed by atoms with E-state index in [1.54, 1.807) is 11.3 Å². The molecule has 4 nitrogen and oxygen atoms in total. The summed E-state index contributed by atoms with van der Waals surface area (Å²) in [5.41, 5.74) is 0. The van der Waals surface area contributed by atoms with Gasteiger partial charge < -0.3 is 9.64 Å². The minimum atomic E-state index is -0.125. The van der Waals surface area contributed by atoms with E-state index in [2.05, 4.69) is 27.3 Å². The third kappa shape index (κ3) is 5.80. The van der Waals surface area contributed by atoms with Crippen LogP contribution in [0.3, 0.4) is 0 Å². The molecule has 0 aliphatic carbocycles. The molecule has 2 atom stereocenters. The van der Waals surface area contributed by atoms with Gasteiger partial charge in [-0.05, 0) is 69.6 Å². The predicted molar refractivity (Wildman–Crippen MR) is 108 cm³/mol. The summed E-state index contributed by atoms with van der Waals surface area (Å²) in [6, 6.07) is 4.08. The topological polar surface area (TPSA) is 32.8 Å². The van der Waals surface area contributed by atoms with Crippen molar-refractivity contribution in [2.24, 2.45) is 5.92 Å². The Kier molecular flexibility index (Phi) is 7.96. The Bertz CT molecular complexity index is 526. The third-order valence-electron chi connectivity index (χ3n) is 5.74. The van der Waals surface area contributed by atoms with Crippen molar-refractivity contribution in [1.82, 2.24) is 9.80 Å². The Labute approximate surface area is 162 Å². The first kappa shape index (κ1) is 19.8. The van der Waals surface area contributed by atoms with Gasteiger partial charge in [-0.3, -0.25) is 9.69 Å². The molecule has 2 aliphatic heterocycles. The molecule has 2 saturated heterocycles. The van der Waals surface area contributed by atoms with Gasteiger partial charge in [0.1, 0.15) is 6.04 Å². The molecule has 2 unspecified atom stereocenters. The molecule has 0 radical (unpaired) electrons. The van der Waals surface area contributed by atoms with Gasteiger partial charge in [-0.1, -0.05) is 18.9 Å². The molecule has 0 aromatic carbocycles. The average molecular weight is 379 g/mol. The zero-order chi connectivity index (χ0) is 18.2. The summed E-state index contributed by atoms with van der Waals surface area (Å²) in [6.45, 7) is 8.13. The van der Waals surface area contributed by atoms with Crippen LogP contribution in [0.25, 0.3) is 0 Å². The van der Waals surface area contributed by atoms with Gasteiger partial charge in [0.05, 0.1) is 6.61 Å². The minimum Gasteiger partial charge on any atom is -0.465 e. The fraction of sp³-hybridized carbons (Fsp3) is 0.762. The summed E-state index contributed by atoms with van der Waals surface area (Å²) in [7, 11) is 0. The van der Waals surface area contributed by atoms with Crippen molar-refractivity contribution in [1.29, 1.82) is 0 Å². The van der Waals surface area contributed by atoms with Crippen LogP contribution in [0, 0.1) is 5.92 Å². The second-order valence-corrected chi connectivity index (χ2v) is 8.80. The summed E-state index contributed by atoms with van der Waals surface area (Å²) >= 11 is 1.74. The molecular formula is C21H34N2O2S. The van der Waals surface area contributed by atoms with E-state index in [9.17, 15) is 4.79 Å². The number of carbonyl (C=O) groups is 1. The summed E-state index contributed by atoms with van der Waals surface area (Å²) in [6.07, 6.45) is 8.74. The number of ether oxygens (including phenoxy) is 1. The van der Waals surface area contributed by atoms with Gasteiger partial charge in [-0.15, -0.1) is 11.3 Å². The van der Waals surface area contributed by atoms with Crippen LogP contribution in [0.1, 0.15) is 50.3 Å². The van der Waals surface area contributed by atoms with E-state index < -0.39 is 0 Å². The lowest BCUT2D eigenvalue weighted by Crippen LogP contribution is -2.50. The van der Waals surface area contributed by atoms with E-state index in [0.29, 0.717) is 12.5 Å². The average Bonchev–Trinajstić information content (AvgIpc) is 3.03. The Morgan fingerprint density at radius 3 is 2.73 bits per heavy atom. The highest BCUT2D eigenvalue weighted by atomic mass is 32.1. The quantitative estimate of drug-likeness (QED) is 0.676. The van der Waals surface area contributed by atoms with Crippen LogP contribution in [0.15, 0.2) is 17.5 Å². The predicted octanol–water partition coefficient (Wildman–Crippen LogP) is 3.81. The summed E-state index contributed by atoms with van der Waals surface area (Å²) in [5.74, 6) is 0.637. The van der Waals surface area contributed by atoms with Crippen LogP contribution in [0.4, 0.5) is 0 Å². The van der Waals surface area contributed by atoms with Gasteiger partial charge in [0.2, 0.25) is 0 Å². The normalized spacial score (nSPS) is 24.1. The number of carbonyl (C=O) groups excluding carboxylic acids is 1. The standard InChI is InChI=1S/C21H34N2O2S/c1-2-25-21(24)20(15-19-10-8-14-26-19)23-13-7-9-18(17-23)16-22-11-5-3-4-6-12-22/h8,10,14,18,20H,2-7,9,11-13,15-17H2,1H3. The molecular weight excluding hydrogens is 344 g/mol. The van der Waals surface area contributed by atoms with Gasteiger partial charge in [0.15, 0.2) is 0 Å². The lowest BCUT2D eigenvalue weighted by atomic mass is 9.95. The molecule has 0 bridgehead atoms. The first-order valence-electron chi connectivity index (χ1n) is 10.4. The largest absolute Gasteiger partial charge is 0.465 e. The van der Waals surface area contributed by atoms with E-state index in [1.807, 2.05) is 6.92 Å². The van der Waals surface area contributed by atoms with E-state index in [-0.39, 0.29) is 12.0 Å². The third-order valence-corrected chi connectivity index (χ3v) is 6.64. The molecule has 0 N–H and O–H groups in total. The summed E-state index contributed by atoms with van der Waals surface area (Å²) in [5, 5.41) is 2.09. The highest BCUT2D eigenvalue weighted by Gasteiger charge is 2.32. The number of esters is 1. The zero-order valence-electron chi connectivity index (χ0n) is 16.2. The van der Waals surface area contributed by atoms with Gasteiger partial charge in [-0.2, -0.15) is 0 Å². The second kappa shape index (κ2) is 10.4. The van der Waals surface area contributed by atoms with Gasteiger partial charge >= 0.3 is 5.97 Å². The molecule has 2 fully saturated rings.